The van der Waals surface area contributed by atoms with Crippen LogP contribution in [0.4, 0.5) is 5.69 Å². The topological polar surface area (TPSA) is 32.8 Å². The Bertz CT molecular complexity index is 833. The number of amides is 1. The molecule has 1 aliphatic rings. The van der Waals surface area contributed by atoms with Crippen molar-refractivity contribution < 1.29 is 9.53 Å². The molecule has 1 atom stereocenters. The highest BCUT2D eigenvalue weighted by atomic mass is 35.5. The van der Waals surface area contributed by atoms with Crippen LogP contribution in [0.5, 0.6) is 5.75 Å². The lowest BCUT2D eigenvalue weighted by molar-refractivity contribution is -0.138. The first-order valence-electron chi connectivity index (χ1n) is 9.08. The van der Waals surface area contributed by atoms with Crippen LogP contribution in [-0.2, 0) is 4.79 Å². The van der Waals surface area contributed by atoms with Crippen LogP contribution >= 0.6 is 23.2 Å². The van der Waals surface area contributed by atoms with Crippen LogP contribution in [0.1, 0.15) is 18.1 Å². The van der Waals surface area contributed by atoms with E-state index in [-0.39, 0.29) is 5.91 Å². The summed E-state index contributed by atoms with van der Waals surface area (Å²) in [6.45, 7) is 8.67. The van der Waals surface area contributed by atoms with Crippen LogP contribution in [0.25, 0.3) is 0 Å². The molecule has 0 N–H and O–H groups in total. The SMILES string of the molecule is Cc1cc(O[C@H](C)C(=O)N2CCN(c3cc(Cl)ccc3C)CC2)ccc1Cl. The number of rotatable bonds is 4. The number of benzene rings is 2. The van der Waals surface area contributed by atoms with Crippen LogP contribution in [0.3, 0.4) is 0 Å². The van der Waals surface area contributed by atoms with Gasteiger partial charge in [-0.25, -0.2) is 0 Å². The lowest BCUT2D eigenvalue weighted by Gasteiger charge is -2.37. The Morgan fingerprint density at radius 2 is 1.70 bits per heavy atom. The van der Waals surface area contributed by atoms with Gasteiger partial charge in [-0.05, 0) is 62.2 Å². The van der Waals surface area contributed by atoms with Crippen molar-refractivity contribution in [2.24, 2.45) is 0 Å². The maximum absolute atomic E-state index is 12.8. The fourth-order valence-corrected chi connectivity index (χ4v) is 3.58. The molecule has 0 radical (unpaired) electrons. The van der Waals surface area contributed by atoms with Crippen molar-refractivity contribution in [3.63, 3.8) is 0 Å². The van der Waals surface area contributed by atoms with Crippen molar-refractivity contribution in [1.82, 2.24) is 4.90 Å². The molecule has 0 aliphatic carbocycles. The van der Waals surface area contributed by atoms with Crippen LogP contribution in [0.2, 0.25) is 10.0 Å². The Hall–Kier alpha value is -1.91. The minimum Gasteiger partial charge on any atom is -0.481 e. The molecule has 0 aromatic heterocycles. The summed E-state index contributed by atoms with van der Waals surface area (Å²) in [5.74, 6) is 0.663. The smallest absolute Gasteiger partial charge is 0.263 e. The zero-order chi connectivity index (χ0) is 19.6. The summed E-state index contributed by atoms with van der Waals surface area (Å²) in [5.41, 5.74) is 3.25. The number of carbonyl (C=O) groups is 1. The summed E-state index contributed by atoms with van der Waals surface area (Å²) in [6, 6.07) is 11.3. The number of halogens is 2. The van der Waals surface area contributed by atoms with Gasteiger partial charge in [-0.1, -0.05) is 29.3 Å². The first-order valence-corrected chi connectivity index (χ1v) is 9.83. The third kappa shape index (κ3) is 4.69. The van der Waals surface area contributed by atoms with E-state index < -0.39 is 6.10 Å². The number of anilines is 1. The zero-order valence-electron chi connectivity index (χ0n) is 15.8. The highest BCUT2D eigenvalue weighted by Crippen LogP contribution is 2.26. The highest BCUT2D eigenvalue weighted by Gasteiger charge is 2.26. The molecule has 1 heterocycles. The Morgan fingerprint density at radius 3 is 2.37 bits per heavy atom. The molecule has 0 spiro atoms. The average molecular weight is 407 g/mol. The monoisotopic (exact) mass is 406 g/mol. The largest absolute Gasteiger partial charge is 0.481 e. The number of carbonyl (C=O) groups excluding carboxylic acids is 1. The van der Waals surface area contributed by atoms with Gasteiger partial charge in [-0.2, -0.15) is 0 Å². The van der Waals surface area contributed by atoms with E-state index >= 15 is 0 Å². The van der Waals surface area contributed by atoms with Crippen molar-refractivity contribution in [2.45, 2.75) is 26.9 Å². The van der Waals surface area contributed by atoms with E-state index in [1.165, 1.54) is 5.56 Å². The van der Waals surface area contributed by atoms with Gasteiger partial charge in [0.05, 0.1) is 0 Å². The van der Waals surface area contributed by atoms with Crippen molar-refractivity contribution >= 4 is 34.8 Å². The normalized spacial score (nSPS) is 15.6. The third-order valence-electron chi connectivity index (χ3n) is 4.89. The minimum absolute atomic E-state index is 0.00469. The second-order valence-corrected chi connectivity index (χ2v) is 7.76. The molecule has 6 heteroatoms. The quantitative estimate of drug-likeness (QED) is 0.735. The molecule has 1 fully saturated rings. The molecular weight excluding hydrogens is 383 g/mol. The minimum atomic E-state index is -0.537. The molecule has 3 rings (SSSR count). The average Bonchev–Trinajstić information content (AvgIpc) is 2.66. The third-order valence-corrected chi connectivity index (χ3v) is 5.55. The molecule has 4 nitrogen and oxygen atoms in total. The lowest BCUT2D eigenvalue weighted by Crippen LogP contribution is -2.52. The highest BCUT2D eigenvalue weighted by molar-refractivity contribution is 6.31. The van der Waals surface area contributed by atoms with Gasteiger partial charge in [-0.15, -0.1) is 0 Å². The first kappa shape index (κ1) is 19.8. The number of hydrogen-bond donors (Lipinski definition) is 0. The predicted octanol–water partition coefficient (Wildman–Crippen LogP) is 4.73. The summed E-state index contributed by atoms with van der Waals surface area (Å²) < 4.78 is 5.83. The summed E-state index contributed by atoms with van der Waals surface area (Å²) in [7, 11) is 0. The van der Waals surface area contributed by atoms with Gasteiger partial charge >= 0.3 is 0 Å². The number of piperazine rings is 1. The van der Waals surface area contributed by atoms with Gasteiger partial charge in [0.1, 0.15) is 5.75 Å². The molecular formula is C21H24Cl2N2O2. The van der Waals surface area contributed by atoms with E-state index in [0.717, 1.165) is 29.4 Å². The van der Waals surface area contributed by atoms with Gasteiger partial charge in [0.15, 0.2) is 6.10 Å². The Balaban J connectivity index is 1.59. The van der Waals surface area contributed by atoms with Gasteiger partial charge in [0.2, 0.25) is 0 Å². The lowest BCUT2D eigenvalue weighted by atomic mass is 10.1. The molecule has 0 bridgehead atoms. The Kier molecular flexibility index (Phi) is 6.18. The van der Waals surface area contributed by atoms with Crippen molar-refractivity contribution in [2.75, 3.05) is 31.1 Å². The molecule has 1 saturated heterocycles. The maximum atomic E-state index is 12.8. The van der Waals surface area contributed by atoms with Crippen LogP contribution in [-0.4, -0.2) is 43.1 Å². The van der Waals surface area contributed by atoms with Gasteiger partial charge in [0, 0.05) is 41.9 Å². The molecule has 27 heavy (non-hydrogen) atoms. The number of nitrogens with zero attached hydrogens (tertiary/aromatic N) is 2. The molecule has 0 unspecified atom stereocenters. The second-order valence-electron chi connectivity index (χ2n) is 6.91. The first-order chi connectivity index (χ1) is 12.8. The van der Waals surface area contributed by atoms with Gasteiger partial charge in [0.25, 0.3) is 5.91 Å². The van der Waals surface area contributed by atoms with Crippen molar-refractivity contribution in [3.8, 4) is 5.75 Å². The van der Waals surface area contributed by atoms with E-state index in [0.29, 0.717) is 23.9 Å². The number of ether oxygens (including phenoxy) is 1. The van der Waals surface area contributed by atoms with Gasteiger partial charge < -0.3 is 14.5 Å². The maximum Gasteiger partial charge on any atom is 0.263 e. The number of hydrogen-bond acceptors (Lipinski definition) is 3. The fourth-order valence-electron chi connectivity index (χ4n) is 3.29. The van der Waals surface area contributed by atoms with Gasteiger partial charge in [-0.3, -0.25) is 4.79 Å². The van der Waals surface area contributed by atoms with E-state index in [1.54, 1.807) is 19.1 Å². The fraction of sp³-hybridized carbons (Fsp3) is 0.381. The zero-order valence-corrected chi connectivity index (χ0v) is 17.3. The number of aryl methyl sites for hydroxylation is 2. The Labute approximate surface area is 170 Å². The molecule has 2 aromatic rings. The molecule has 2 aromatic carbocycles. The Morgan fingerprint density at radius 1 is 1.00 bits per heavy atom. The van der Waals surface area contributed by atoms with Crippen LogP contribution in [0, 0.1) is 13.8 Å². The summed E-state index contributed by atoms with van der Waals surface area (Å²) in [6.07, 6.45) is -0.537. The molecule has 1 amide bonds. The summed E-state index contributed by atoms with van der Waals surface area (Å²) in [5, 5.41) is 1.42. The summed E-state index contributed by atoms with van der Waals surface area (Å²) >= 11 is 12.2. The van der Waals surface area contributed by atoms with E-state index in [9.17, 15) is 4.79 Å². The van der Waals surface area contributed by atoms with Crippen LogP contribution < -0.4 is 9.64 Å². The van der Waals surface area contributed by atoms with E-state index in [1.807, 2.05) is 36.1 Å². The van der Waals surface area contributed by atoms with E-state index in [2.05, 4.69) is 11.8 Å². The molecule has 0 saturated carbocycles. The molecule has 144 valence electrons. The molecule has 1 aliphatic heterocycles. The van der Waals surface area contributed by atoms with Crippen molar-refractivity contribution in [3.05, 3.63) is 57.6 Å². The van der Waals surface area contributed by atoms with Crippen molar-refractivity contribution in [1.29, 1.82) is 0 Å². The predicted molar refractivity (Wildman–Crippen MR) is 111 cm³/mol. The summed E-state index contributed by atoms with van der Waals surface area (Å²) in [4.78, 5) is 16.9. The van der Waals surface area contributed by atoms with Crippen LogP contribution in [0.15, 0.2) is 36.4 Å². The van der Waals surface area contributed by atoms with E-state index in [4.69, 9.17) is 27.9 Å². The second kappa shape index (κ2) is 8.41. The standard InChI is InChI=1S/C21H24Cl2N2O2/c1-14-4-5-17(22)13-20(14)24-8-10-25(11-9-24)21(26)16(3)27-18-6-7-19(23)15(2)12-18/h4-7,12-13,16H,8-11H2,1-3H3/t16-/m1/s1.